The molecule has 0 saturated carbocycles. The van der Waals surface area contributed by atoms with Crippen LogP contribution in [0.5, 0.6) is 0 Å². The molecule has 0 aliphatic heterocycles. The zero-order valence-electron chi connectivity index (χ0n) is 11.6. The third-order valence-corrected chi connectivity index (χ3v) is 4.80. The van der Waals surface area contributed by atoms with E-state index in [4.69, 9.17) is 5.73 Å². The zero-order valence-corrected chi connectivity index (χ0v) is 12.4. The van der Waals surface area contributed by atoms with E-state index in [0.29, 0.717) is 31.5 Å². The van der Waals surface area contributed by atoms with Crippen LogP contribution in [0, 0.1) is 12.7 Å². The number of hydrogen-bond donors (Lipinski definition) is 1. The zero-order chi connectivity index (χ0) is 14.6. The third-order valence-electron chi connectivity index (χ3n) is 2.88. The van der Waals surface area contributed by atoms with Gasteiger partial charge in [0.1, 0.15) is 10.7 Å². The number of hydrogen-bond acceptors (Lipinski definition) is 3. The molecule has 0 bridgehead atoms. The summed E-state index contributed by atoms with van der Waals surface area (Å²) in [5, 5.41) is 0. The molecule has 6 heteroatoms. The Bertz CT molecular complexity index is 538. The quantitative estimate of drug-likeness (QED) is 0.818. The van der Waals surface area contributed by atoms with Crippen LogP contribution in [0.25, 0.3) is 0 Å². The monoisotopic (exact) mass is 288 g/mol. The lowest BCUT2D eigenvalue weighted by Gasteiger charge is -2.21. The molecule has 0 atom stereocenters. The van der Waals surface area contributed by atoms with Crippen molar-refractivity contribution in [2.24, 2.45) is 0 Å². The topological polar surface area (TPSA) is 63.4 Å². The van der Waals surface area contributed by atoms with Gasteiger partial charge in [-0.25, -0.2) is 12.8 Å². The first-order valence-electron chi connectivity index (χ1n) is 6.40. The smallest absolute Gasteiger partial charge is 0.246 e. The minimum absolute atomic E-state index is 0.285. The second-order valence-electron chi connectivity index (χ2n) is 4.54. The highest BCUT2D eigenvalue weighted by molar-refractivity contribution is 7.89. The summed E-state index contributed by atoms with van der Waals surface area (Å²) in [6, 6.07) is 2.37. The summed E-state index contributed by atoms with van der Waals surface area (Å²) < 4.78 is 40.1. The number of aryl methyl sites for hydroxylation is 1. The molecule has 0 saturated heterocycles. The first kappa shape index (κ1) is 15.9. The van der Waals surface area contributed by atoms with Crippen molar-refractivity contribution < 1.29 is 12.8 Å². The van der Waals surface area contributed by atoms with Gasteiger partial charge in [-0.3, -0.25) is 0 Å². The van der Waals surface area contributed by atoms with E-state index in [9.17, 15) is 12.8 Å². The highest BCUT2D eigenvalue weighted by atomic mass is 32.2. The fourth-order valence-electron chi connectivity index (χ4n) is 1.86. The number of rotatable bonds is 6. The third kappa shape index (κ3) is 3.45. The first-order chi connectivity index (χ1) is 8.84. The van der Waals surface area contributed by atoms with Gasteiger partial charge >= 0.3 is 0 Å². The van der Waals surface area contributed by atoms with E-state index in [2.05, 4.69) is 0 Å². The second kappa shape index (κ2) is 6.34. The van der Waals surface area contributed by atoms with Gasteiger partial charge in [0.05, 0.1) is 0 Å². The number of benzene rings is 1. The van der Waals surface area contributed by atoms with Crippen LogP contribution in [0.15, 0.2) is 17.0 Å². The Hall–Kier alpha value is -1.14. The van der Waals surface area contributed by atoms with Gasteiger partial charge in [0.15, 0.2) is 0 Å². The van der Waals surface area contributed by atoms with E-state index in [1.54, 1.807) is 6.92 Å². The lowest BCUT2D eigenvalue weighted by molar-refractivity contribution is 0.406. The lowest BCUT2D eigenvalue weighted by atomic mass is 10.2. The van der Waals surface area contributed by atoms with Gasteiger partial charge in [-0.05, 0) is 37.5 Å². The maximum atomic E-state index is 13.9. The van der Waals surface area contributed by atoms with Crippen LogP contribution in [0.4, 0.5) is 10.1 Å². The van der Waals surface area contributed by atoms with Gasteiger partial charge in [-0.1, -0.05) is 13.8 Å². The summed E-state index contributed by atoms with van der Waals surface area (Å²) in [5.41, 5.74) is 6.51. The molecule has 0 amide bonds. The van der Waals surface area contributed by atoms with E-state index in [1.807, 2.05) is 13.8 Å². The molecule has 1 aromatic carbocycles. The molecule has 0 aromatic heterocycles. The molecule has 108 valence electrons. The van der Waals surface area contributed by atoms with Crippen molar-refractivity contribution in [2.45, 2.75) is 38.5 Å². The molecule has 0 heterocycles. The van der Waals surface area contributed by atoms with Crippen LogP contribution in [0.2, 0.25) is 0 Å². The average Bonchev–Trinajstić information content (AvgIpc) is 2.33. The van der Waals surface area contributed by atoms with Crippen molar-refractivity contribution in [1.82, 2.24) is 4.31 Å². The minimum Gasteiger partial charge on any atom is -0.398 e. The predicted molar refractivity (Wildman–Crippen MR) is 74.9 cm³/mol. The fourth-order valence-corrected chi connectivity index (χ4v) is 3.56. The second-order valence-corrected chi connectivity index (χ2v) is 6.45. The van der Waals surface area contributed by atoms with Crippen LogP contribution in [0.3, 0.4) is 0 Å². The van der Waals surface area contributed by atoms with Gasteiger partial charge in [-0.2, -0.15) is 4.31 Å². The SMILES string of the molecule is CCCN(CCC)S(=O)(=O)c1cc(N)c(C)cc1F. The van der Waals surface area contributed by atoms with Gasteiger partial charge in [-0.15, -0.1) is 0 Å². The highest BCUT2D eigenvalue weighted by Gasteiger charge is 2.26. The standard InChI is InChI=1S/C13H21FN2O2S/c1-4-6-16(7-5-2)19(17,18)13-9-12(15)10(3)8-11(13)14/h8-9H,4-7,15H2,1-3H3. The summed E-state index contributed by atoms with van der Waals surface area (Å²) in [7, 11) is -3.82. The fraction of sp³-hybridized carbons (Fsp3) is 0.538. The maximum absolute atomic E-state index is 13.9. The van der Waals surface area contributed by atoms with Crippen molar-refractivity contribution in [2.75, 3.05) is 18.8 Å². The molecular formula is C13H21FN2O2S. The largest absolute Gasteiger partial charge is 0.398 e. The Morgan fingerprint density at radius 1 is 1.21 bits per heavy atom. The van der Waals surface area contributed by atoms with Crippen LogP contribution in [-0.2, 0) is 10.0 Å². The van der Waals surface area contributed by atoms with E-state index in [1.165, 1.54) is 10.4 Å². The molecule has 0 fully saturated rings. The van der Waals surface area contributed by atoms with Crippen LogP contribution in [-0.4, -0.2) is 25.8 Å². The average molecular weight is 288 g/mol. The maximum Gasteiger partial charge on any atom is 0.246 e. The van der Waals surface area contributed by atoms with Gasteiger partial charge in [0, 0.05) is 18.8 Å². The molecule has 0 spiro atoms. The van der Waals surface area contributed by atoms with Gasteiger partial charge < -0.3 is 5.73 Å². The first-order valence-corrected chi connectivity index (χ1v) is 7.84. The van der Waals surface area contributed by atoms with Gasteiger partial charge in [0.2, 0.25) is 10.0 Å². The summed E-state index contributed by atoms with van der Waals surface area (Å²) >= 11 is 0. The van der Waals surface area contributed by atoms with Crippen molar-refractivity contribution in [3.63, 3.8) is 0 Å². The molecule has 4 nitrogen and oxygen atoms in total. The lowest BCUT2D eigenvalue weighted by Crippen LogP contribution is -2.33. The summed E-state index contributed by atoms with van der Waals surface area (Å²) in [6.45, 7) is 6.17. The molecule has 0 aliphatic rings. The minimum atomic E-state index is -3.82. The van der Waals surface area contributed by atoms with E-state index < -0.39 is 15.8 Å². The molecule has 0 aliphatic carbocycles. The summed E-state index contributed by atoms with van der Waals surface area (Å²) in [4.78, 5) is -0.336. The number of halogens is 1. The van der Waals surface area contributed by atoms with Crippen LogP contribution < -0.4 is 5.73 Å². The number of sulfonamides is 1. The summed E-state index contributed by atoms with van der Waals surface area (Å²) in [6.07, 6.45) is 1.37. The highest BCUT2D eigenvalue weighted by Crippen LogP contribution is 2.24. The van der Waals surface area contributed by atoms with Crippen LogP contribution >= 0.6 is 0 Å². The van der Waals surface area contributed by atoms with Crippen molar-refractivity contribution in [3.05, 3.63) is 23.5 Å². The normalized spacial score (nSPS) is 12.1. The molecular weight excluding hydrogens is 267 g/mol. The number of nitrogen functional groups attached to an aromatic ring is 1. The number of anilines is 1. The molecule has 1 rings (SSSR count). The number of nitrogens with zero attached hydrogens (tertiary/aromatic N) is 1. The molecule has 0 unspecified atom stereocenters. The van der Waals surface area contributed by atoms with E-state index >= 15 is 0 Å². The Kier molecular flexibility index (Phi) is 5.31. The molecule has 1 aromatic rings. The Labute approximate surface area is 114 Å². The Morgan fingerprint density at radius 2 is 1.74 bits per heavy atom. The molecule has 0 radical (unpaired) electrons. The van der Waals surface area contributed by atoms with E-state index in [0.717, 1.165) is 6.07 Å². The summed E-state index contributed by atoms with van der Waals surface area (Å²) in [5.74, 6) is -0.746. The molecule has 2 N–H and O–H groups in total. The Morgan fingerprint density at radius 3 is 2.21 bits per heavy atom. The van der Waals surface area contributed by atoms with Gasteiger partial charge in [0.25, 0.3) is 0 Å². The molecule has 19 heavy (non-hydrogen) atoms. The Balaban J connectivity index is 3.28. The van der Waals surface area contributed by atoms with Crippen molar-refractivity contribution in [3.8, 4) is 0 Å². The van der Waals surface area contributed by atoms with Crippen molar-refractivity contribution in [1.29, 1.82) is 0 Å². The predicted octanol–water partition coefficient (Wildman–Crippen LogP) is 2.53. The van der Waals surface area contributed by atoms with Crippen molar-refractivity contribution >= 4 is 15.7 Å². The van der Waals surface area contributed by atoms with Crippen LogP contribution in [0.1, 0.15) is 32.3 Å². The number of nitrogens with two attached hydrogens (primary N) is 1. The van der Waals surface area contributed by atoms with E-state index in [-0.39, 0.29) is 10.6 Å².